The Morgan fingerprint density at radius 3 is 2.94 bits per heavy atom. The lowest BCUT2D eigenvalue weighted by Crippen LogP contribution is -2.38. The molecule has 0 aliphatic carbocycles. The van der Waals surface area contributed by atoms with Gasteiger partial charge in [-0.2, -0.15) is 0 Å². The van der Waals surface area contributed by atoms with Crippen molar-refractivity contribution in [3.05, 3.63) is 28.8 Å². The predicted molar refractivity (Wildman–Crippen MR) is 75.0 cm³/mol. The molecule has 98 valence electrons. The van der Waals surface area contributed by atoms with Crippen molar-refractivity contribution in [2.24, 2.45) is 5.92 Å². The van der Waals surface area contributed by atoms with Crippen molar-refractivity contribution in [3.63, 3.8) is 0 Å². The number of amides is 1. The summed E-state index contributed by atoms with van der Waals surface area (Å²) in [5.74, 6) is 0.185. The molecule has 1 saturated heterocycles. The molecule has 0 spiro atoms. The van der Waals surface area contributed by atoms with Crippen molar-refractivity contribution < 1.29 is 4.79 Å². The van der Waals surface area contributed by atoms with E-state index < -0.39 is 0 Å². The quantitative estimate of drug-likeness (QED) is 0.893. The molecule has 0 saturated carbocycles. The van der Waals surface area contributed by atoms with Crippen LogP contribution in [0.2, 0.25) is 5.02 Å². The second-order valence-electron chi connectivity index (χ2n) is 5.05. The molecule has 1 aliphatic rings. The number of hydrogen-bond acceptors (Lipinski definition) is 2. The number of likely N-dealkylation sites (tertiary alicyclic amines) is 1. The van der Waals surface area contributed by atoms with Gasteiger partial charge in [-0.1, -0.05) is 17.7 Å². The van der Waals surface area contributed by atoms with Gasteiger partial charge < -0.3 is 10.2 Å². The monoisotopic (exact) mass is 266 g/mol. The first-order valence-electron chi connectivity index (χ1n) is 6.32. The van der Waals surface area contributed by atoms with E-state index in [1.165, 1.54) is 0 Å². The molecule has 1 heterocycles. The van der Waals surface area contributed by atoms with Crippen molar-refractivity contribution in [2.45, 2.75) is 19.8 Å². The summed E-state index contributed by atoms with van der Waals surface area (Å²) >= 11 is 6.05. The van der Waals surface area contributed by atoms with Crippen LogP contribution in [0.25, 0.3) is 0 Å². The number of halogens is 1. The van der Waals surface area contributed by atoms with Crippen molar-refractivity contribution in [1.82, 2.24) is 4.90 Å². The number of carbonyl (C=O) groups excluding carboxylic acids is 1. The van der Waals surface area contributed by atoms with Crippen LogP contribution in [-0.2, 0) is 4.79 Å². The van der Waals surface area contributed by atoms with Crippen molar-refractivity contribution in [1.29, 1.82) is 0 Å². The molecule has 1 atom stereocenters. The summed E-state index contributed by atoms with van der Waals surface area (Å²) in [4.78, 5) is 14.3. The van der Waals surface area contributed by atoms with E-state index >= 15 is 0 Å². The summed E-state index contributed by atoms with van der Waals surface area (Å²) in [5, 5.41) is 3.64. The first-order valence-corrected chi connectivity index (χ1v) is 6.69. The molecule has 3 nitrogen and oxygen atoms in total. The van der Waals surface area contributed by atoms with E-state index in [1.807, 2.05) is 19.1 Å². The van der Waals surface area contributed by atoms with Gasteiger partial charge in [-0.05, 0) is 51.1 Å². The molecule has 4 heteroatoms. The second-order valence-corrected chi connectivity index (χ2v) is 5.46. The molecule has 2 rings (SSSR count). The van der Waals surface area contributed by atoms with Gasteiger partial charge in [0, 0.05) is 17.3 Å². The molecule has 1 unspecified atom stereocenters. The Balaban J connectivity index is 2.00. The Kier molecular flexibility index (Phi) is 4.25. The van der Waals surface area contributed by atoms with Gasteiger partial charge in [0.15, 0.2) is 0 Å². The number of aryl methyl sites for hydroxylation is 1. The predicted octanol–water partition coefficient (Wildman–Crippen LogP) is 2.93. The van der Waals surface area contributed by atoms with Crippen LogP contribution in [0.3, 0.4) is 0 Å². The normalized spacial score (nSPS) is 20.7. The Morgan fingerprint density at radius 2 is 2.28 bits per heavy atom. The van der Waals surface area contributed by atoms with Crippen molar-refractivity contribution in [3.8, 4) is 0 Å². The summed E-state index contributed by atoms with van der Waals surface area (Å²) in [6.45, 7) is 3.87. The van der Waals surface area contributed by atoms with Gasteiger partial charge in [-0.25, -0.2) is 0 Å². The molecule has 1 N–H and O–H groups in total. The maximum Gasteiger partial charge on any atom is 0.228 e. The van der Waals surface area contributed by atoms with Crippen LogP contribution < -0.4 is 5.32 Å². The molecule has 18 heavy (non-hydrogen) atoms. The molecule has 0 radical (unpaired) electrons. The summed E-state index contributed by atoms with van der Waals surface area (Å²) in [5.41, 5.74) is 1.80. The largest absolute Gasteiger partial charge is 0.326 e. The second kappa shape index (κ2) is 5.72. The number of nitrogens with one attached hydrogen (secondary N) is 1. The number of hydrogen-bond donors (Lipinski definition) is 1. The van der Waals surface area contributed by atoms with Gasteiger partial charge in [-0.3, -0.25) is 4.79 Å². The molecule has 1 aliphatic heterocycles. The van der Waals surface area contributed by atoms with Crippen LogP contribution >= 0.6 is 11.6 Å². The van der Waals surface area contributed by atoms with E-state index in [0.29, 0.717) is 5.02 Å². The third kappa shape index (κ3) is 3.24. The lowest BCUT2D eigenvalue weighted by atomic mass is 9.97. The van der Waals surface area contributed by atoms with Gasteiger partial charge in [0.25, 0.3) is 0 Å². The van der Waals surface area contributed by atoms with E-state index in [4.69, 9.17) is 11.6 Å². The minimum absolute atomic E-state index is 0.0869. The highest BCUT2D eigenvalue weighted by Crippen LogP contribution is 2.22. The topological polar surface area (TPSA) is 32.3 Å². The first kappa shape index (κ1) is 13.4. The highest BCUT2D eigenvalue weighted by Gasteiger charge is 2.23. The fraction of sp³-hybridized carbons (Fsp3) is 0.500. The molecule has 0 aromatic heterocycles. The van der Waals surface area contributed by atoms with Gasteiger partial charge in [0.05, 0.1) is 5.92 Å². The number of carbonyl (C=O) groups is 1. The summed E-state index contributed by atoms with van der Waals surface area (Å²) in [7, 11) is 2.06. The van der Waals surface area contributed by atoms with E-state index in [0.717, 1.165) is 37.2 Å². The van der Waals surface area contributed by atoms with Crippen LogP contribution in [-0.4, -0.2) is 30.9 Å². The van der Waals surface area contributed by atoms with Gasteiger partial charge in [0.2, 0.25) is 5.91 Å². The molecule has 0 bridgehead atoms. The first-order chi connectivity index (χ1) is 8.56. The average molecular weight is 267 g/mol. The lowest BCUT2D eigenvalue weighted by molar-refractivity contribution is -0.121. The molecule has 1 aromatic rings. The highest BCUT2D eigenvalue weighted by molar-refractivity contribution is 6.31. The Hall–Kier alpha value is -1.06. The van der Waals surface area contributed by atoms with Gasteiger partial charge in [0.1, 0.15) is 0 Å². The minimum atomic E-state index is 0.0869. The van der Waals surface area contributed by atoms with E-state index in [1.54, 1.807) is 6.07 Å². The van der Waals surface area contributed by atoms with Gasteiger partial charge >= 0.3 is 0 Å². The Morgan fingerprint density at radius 1 is 1.50 bits per heavy atom. The van der Waals surface area contributed by atoms with E-state index in [-0.39, 0.29) is 11.8 Å². The van der Waals surface area contributed by atoms with E-state index in [2.05, 4.69) is 17.3 Å². The SMILES string of the molecule is Cc1ccc(NC(=O)C2CCCN(C)C2)cc1Cl. The zero-order chi connectivity index (χ0) is 13.1. The molecule has 1 fully saturated rings. The molecule has 1 amide bonds. The zero-order valence-electron chi connectivity index (χ0n) is 10.9. The third-order valence-corrected chi connectivity index (χ3v) is 3.84. The Labute approximate surface area is 113 Å². The van der Waals surface area contributed by atoms with Crippen LogP contribution in [0.15, 0.2) is 18.2 Å². The van der Waals surface area contributed by atoms with Crippen LogP contribution in [0.4, 0.5) is 5.69 Å². The average Bonchev–Trinajstić information content (AvgIpc) is 2.34. The standard InChI is InChI=1S/C14H19ClN2O/c1-10-5-6-12(8-13(10)15)16-14(18)11-4-3-7-17(2)9-11/h5-6,8,11H,3-4,7,9H2,1-2H3,(H,16,18). The maximum absolute atomic E-state index is 12.1. The molecule has 1 aromatic carbocycles. The number of anilines is 1. The molecular formula is C14H19ClN2O. The number of piperidine rings is 1. The molecular weight excluding hydrogens is 248 g/mol. The van der Waals surface area contributed by atoms with Crippen LogP contribution in [0.5, 0.6) is 0 Å². The van der Waals surface area contributed by atoms with E-state index in [9.17, 15) is 4.79 Å². The van der Waals surface area contributed by atoms with Crippen molar-refractivity contribution >= 4 is 23.2 Å². The summed E-state index contributed by atoms with van der Waals surface area (Å²) in [6.07, 6.45) is 2.05. The number of benzene rings is 1. The zero-order valence-corrected chi connectivity index (χ0v) is 11.6. The highest BCUT2D eigenvalue weighted by atomic mass is 35.5. The van der Waals surface area contributed by atoms with Crippen molar-refractivity contribution in [2.75, 3.05) is 25.5 Å². The summed E-state index contributed by atoms with van der Waals surface area (Å²) in [6, 6.07) is 5.62. The smallest absolute Gasteiger partial charge is 0.228 e. The Bertz CT molecular complexity index is 447. The lowest BCUT2D eigenvalue weighted by Gasteiger charge is -2.28. The fourth-order valence-electron chi connectivity index (χ4n) is 2.30. The third-order valence-electron chi connectivity index (χ3n) is 3.43. The van der Waals surface area contributed by atoms with Crippen LogP contribution in [0.1, 0.15) is 18.4 Å². The van der Waals surface area contributed by atoms with Gasteiger partial charge in [-0.15, -0.1) is 0 Å². The number of rotatable bonds is 2. The van der Waals surface area contributed by atoms with Crippen LogP contribution in [0, 0.1) is 12.8 Å². The summed E-state index contributed by atoms with van der Waals surface area (Å²) < 4.78 is 0. The number of nitrogens with zero attached hydrogens (tertiary/aromatic N) is 1. The minimum Gasteiger partial charge on any atom is -0.326 e. The maximum atomic E-state index is 12.1. The fourth-order valence-corrected chi connectivity index (χ4v) is 2.48.